The molecule has 0 aliphatic heterocycles. The highest BCUT2D eigenvalue weighted by atomic mass is 16.5. The van der Waals surface area contributed by atoms with Gasteiger partial charge in [-0.25, -0.2) is 0 Å². The van der Waals surface area contributed by atoms with Gasteiger partial charge in [0.2, 0.25) is 0 Å². The maximum atomic E-state index is 11.9. The molecule has 0 aliphatic carbocycles. The van der Waals surface area contributed by atoms with Gasteiger partial charge in [0.1, 0.15) is 11.5 Å². The first-order valence-electron chi connectivity index (χ1n) is 9.04. The van der Waals surface area contributed by atoms with Gasteiger partial charge < -0.3 is 14.9 Å². The molecule has 5 heteroatoms. The third-order valence-corrected chi connectivity index (χ3v) is 4.57. The Morgan fingerprint density at radius 2 is 1.26 bits per heavy atom. The van der Waals surface area contributed by atoms with Gasteiger partial charge in [-0.1, -0.05) is 52.0 Å². The normalized spacial score (nSPS) is 13.4. The van der Waals surface area contributed by atoms with Crippen LogP contribution in [-0.2, 0) is 9.59 Å². The number of ether oxygens (including phenoxy) is 1. The van der Waals surface area contributed by atoms with Gasteiger partial charge in [-0.2, -0.15) is 0 Å². The summed E-state index contributed by atoms with van der Waals surface area (Å²) in [5.41, 5.74) is 1.02. The van der Waals surface area contributed by atoms with Gasteiger partial charge in [-0.05, 0) is 47.2 Å². The van der Waals surface area contributed by atoms with Crippen LogP contribution < -0.4 is 4.74 Å². The summed E-state index contributed by atoms with van der Waals surface area (Å²) in [6.07, 6.45) is 0. The Hall–Kier alpha value is -2.82. The van der Waals surface area contributed by atoms with Crippen LogP contribution in [0, 0.1) is 11.8 Å². The zero-order valence-corrected chi connectivity index (χ0v) is 16.0. The van der Waals surface area contributed by atoms with Crippen molar-refractivity contribution >= 4 is 11.9 Å². The van der Waals surface area contributed by atoms with Gasteiger partial charge in [-0.3, -0.25) is 9.59 Å². The fourth-order valence-corrected chi connectivity index (χ4v) is 3.35. The number of hydrogen-bond acceptors (Lipinski definition) is 3. The first kappa shape index (κ1) is 20.5. The van der Waals surface area contributed by atoms with E-state index in [1.165, 1.54) is 0 Å². The fraction of sp³-hybridized carbons (Fsp3) is 0.364. The lowest BCUT2D eigenvalue weighted by Crippen LogP contribution is -2.24. The van der Waals surface area contributed by atoms with E-state index in [0.717, 1.165) is 0 Å². The van der Waals surface area contributed by atoms with Crippen LogP contribution in [0.2, 0.25) is 0 Å². The number of aliphatic carboxylic acids is 2. The minimum absolute atomic E-state index is 0.177. The average molecular weight is 370 g/mol. The first-order chi connectivity index (χ1) is 12.7. The summed E-state index contributed by atoms with van der Waals surface area (Å²) in [7, 11) is 0. The molecular formula is C22H26O5. The number of para-hydroxylation sites is 1. The Morgan fingerprint density at radius 1 is 0.741 bits per heavy atom. The van der Waals surface area contributed by atoms with Gasteiger partial charge in [0.15, 0.2) is 0 Å². The van der Waals surface area contributed by atoms with Crippen molar-refractivity contribution in [3.05, 3.63) is 59.7 Å². The molecule has 2 N–H and O–H groups in total. The molecule has 0 spiro atoms. The van der Waals surface area contributed by atoms with Crippen LogP contribution in [0.5, 0.6) is 11.5 Å². The van der Waals surface area contributed by atoms with Crippen LogP contribution in [0.3, 0.4) is 0 Å². The van der Waals surface area contributed by atoms with E-state index in [2.05, 4.69) is 0 Å². The standard InChI is InChI=1S/C22H26O5/c1-13(2)19(21(23)24)17-11-10-16(27-15-8-6-5-7-9-15)12-18(17)20(14(3)4)22(25)26/h5-14,19-20H,1-4H3,(H,23,24)(H,25,26). The zero-order chi connectivity index (χ0) is 20.1. The summed E-state index contributed by atoms with van der Waals surface area (Å²) in [6, 6.07) is 14.2. The van der Waals surface area contributed by atoms with E-state index in [4.69, 9.17) is 4.74 Å². The fourth-order valence-electron chi connectivity index (χ4n) is 3.35. The average Bonchev–Trinajstić information content (AvgIpc) is 2.56. The molecule has 0 fully saturated rings. The molecule has 27 heavy (non-hydrogen) atoms. The molecule has 0 heterocycles. The molecule has 144 valence electrons. The molecule has 2 atom stereocenters. The Bertz CT molecular complexity index is 796. The Morgan fingerprint density at radius 3 is 1.74 bits per heavy atom. The lowest BCUT2D eigenvalue weighted by atomic mass is 9.78. The Labute approximate surface area is 159 Å². The van der Waals surface area contributed by atoms with Gasteiger partial charge in [0.05, 0.1) is 11.8 Å². The van der Waals surface area contributed by atoms with E-state index in [0.29, 0.717) is 22.6 Å². The summed E-state index contributed by atoms with van der Waals surface area (Å²) in [6.45, 7) is 7.28. The predicted octanol–water partition coefficient (Wildman–Crippen LogP) is 5.13. The van der Waals surface area contributed by atoms with Crippen LogP contribution in [0.25, 0.3) is 0 Å². The molecule has 0 radical (unpaired) electrons. The van der Waals surface area contributed by atoms with E-state index in [1.54, 1.807) is 30.3 Å². The smallest absolute Gasteiger partial charge is 0.311 e. The lowest BCUT2D eigenvalue weighted by molar-refractivity contribution is -0.141. The van der Waals surface area contributed by atoms with E-state index in [1.807, 2.05) is 45.9 Å². The monoisotopic (exact) mass is 370 g/mol. The molecule has 0 aromatic heterocycles. The lowest BCUT2D eigenvalue weighted by Gasteiger charge is -2.26. The van der Waals surface area contributed by atoms with E-state index >= 15 is 0 Å². The van der Waals surface area contributed by atoms with Crippen molar-refractivity contribution in [2.45, 2.75) is 39.5 Å². The second-order valence-electron chi connectivity index (χ2n) is 7.33. The van der Waals surface area contributed by atoms with Crippen molar-refractivity contribution in [1.82, 2.24) is 0 Å². The van der Waals surface area contributed by atoms with Gasteiger partial charge >= 0.3 is 11.9 Å². The highest BCUT2D eigenvalue weighted by Gasteiger charge is 2.33. The molecular weight excluding hydrogens is 344 g/mol. The van der Waals surface area contributed by atoms with Crippen LogP contribution in [0.1, 0.15) is 50.7 Å². The summed E-state index contributed by atoms with van der Waals surface area (Å²) in [5, 5.41) is 19.5. The summed E-state index contributed by atoms with van der Waals surface area (Å²) < 4.78 is 5.84. The van der Waals surface area contributed by atoms with Crippen LogP contribution in [0.4, 0.5) is 0 Å². The predicted molar refractivity (Wildman–Crippen MR) is 103 cm³/mol. The second-order valence-corrected chi connectivity index (χ2v) is 7.33. The molecule has 2 unspecified atom stereocenters. The molecule has 0 amide bonds. The van der Waals surface area contributed by atoms with Crippen LogP contribution in [0.15, 0.2) is 48.5 Å². The number of carboxylic acid groups (broad SMARTS) is 2. The van der Waals surface area contributed by atoms with Crippen LogP contribution >= 0.6 is 0 Å². The molecule has 2 aromatic rings. The minimum atomic E-state index is -0.976. The van der Waals surface area contributed by atoms with Gasteiger partial charge in [0, 0.05) is 0 Å². The molecule has 0 aliphatic rings. The van der Waals surface area contributed by atoms with Crippen molar-refractivity contribution < 1.29 is 24.5 Å². The maximum Gasteiger partial charge on any atom is 0.311 e. The molecule has 2 rings (SSSR count). The number of carboxylic acids is 2. The van der Waals surface area contributed by atoms with Gasteiger partial charge in [0.25, 0.3) is 0 Å². The Balaban J connectivity index is 2.59. The highest BCUT2D eigenvalue weighted by Crippen LogP contribution is 2.38. The molecule has 2 aromatic carbocycles. The second kappa shape index (κ2) is 8.71. The Kier molecular flexibility index (Phi) is 6.61. The highest BCUT2D eigenvalue weighted by molar-refractivity contribution is 5.81. The third kappa shape index (κ3) is 4.88. The van der Waals surface area contributed by atoms with Gasteiger partial charge in [-0.15, -0.1) is 0 Å². The van der Waals surface area contributed by atoms with Crippen molar-refractivity contribution in [2.75, 3.05) is 0 Å². The first-order valence-corrected chi connectivity index (χ1v) is 9.04. The van der Waals surface area contributed by atoms with E-state index < -0.39 is 23.8 Å². The van der Waals surface area contributed by atoms with Crippen molar-refractivity contribution in [1.29, 1.82) is 0 Å². The quantitative estimate of drug-likeness (QED) is 0.673. The zero-order valence-electron chi connectivity index (χ0n) is 16.0. The van der Waals surface area contributed by atoms with E-state index in [-0.39, 0.29) is 11.8 Å². The molecule has 0 saturated carbocycles. The van der Waals surface area contributed by atoms with Crippen molar-refractivity contribution in [3.63, 3.8) is 0 Å². The number of hydrogen-bond donors (Lipinski definition) is 2. The number of rotatable bonds is 8. The topological polar surface area (TPSA) is 83.8 Å². The third-order valence-electron chi connectivity index (χ3n) is 4.57. The largest absolute Gasteiger partial charge is 0.481 e. The van der Waals surface area contributed by atoms with Crippen molar-refractivity contribution in [2.24, 2.45) is 11.8 Å². The number of carbonyl (C=O) groups is 2. The van der Waals surface area contributed by atoms with Crippen LogP contribution in [-0.4, -0.2) is 22.2 Å². The SMILES string of the molecule is CC(C)C(C(=O)O)c1ccc(Oc2ccccc2)cc1C(C(=O)O)C(C)C. The summed E-state index contributed by atoms with van der Waals surface area (Å²) in [5.74, 6) is -2.80. The molecule has 0 saturated heterocycles. The molecule has 0 bridgehead atoms. The minimum Gasteiger partial charge on any atom is -0.481 e. The maximum absolute atomic E-state index is 11.9. The van der Waals surface area contributed by atoms with E-state index in [9.17, 15) is 19.8 Å². The van der Waals surface area contributed by atoms with Crippen molar-refractivity contribution in [3.8, 4) is 11.5 Å². The number of benzene rings is 2. The summed E-state index contributed by atoms with van der Waals surface area (Å²) in [4.78, 5) is 23.8. The molecule has 5 nitrogen and oxygen atoms in total. The summed E-state index contributed by atoms with van der Waals surface area (Å²) >= 11 is 0.